The molecule has 0 N–H and O–H groups in total. The maximum atomic E-state index is 5.71. The van der Waals surface area contributed by atoms with Gasteiger partial charge in [0, 0.05) is 19.6 Å². The van der Waals surface area contributed by atoms with Gasteiger partial charge in [-0.15, -0.1) is 0 Å². The lowest BCUT2D eigenvalue weighted by Crippen LogP contribution is -2.47. The van der Waals surface area contributed by atoms with Gasteiger partial charge in [0.1, 0.15) is 0 Å². The summed E-state index contributed by atoms with van der Waals surface area (Å²) < 4.78 is 11.4. The predicted molar refractivity (Wildman–Crippen MR) is 88.5 cm³/mol. The number of unbranched alkanes of at least 4 members (excludes halogenated alkanes) is 1. The van der Waals surface area contributed by atoms with Crippen molar-refractivity contribution in [3.63, 3.8) is 0 Å². The third-order valence-corrected chi connectivity index (χ3v) is 6.25. The Hall–Kier alpha value is -0.0800. The van der Waals surface area contributed by atoms with Crippen LogP contribution < -0.4 is 0 Å². The molecule has 2 rings (SSSR count). The van der Waals surface area contributed by atoms with Crippen LogP contribution in [0, 0.1) is 23.2 Å². The molecule has 0 aromatic heterocycles. The summed E-state index contributed by atoms with van der Waals surface area (Å²) in [5, 5.41) is 0. The zero-order valence-electron chi connectivity index (χ0n) is 14.5. The quantitative estimate of drug-likeness (QED) is 0.623. The van der Waals surface area contributed by atoms with E-state index in [4.69, 9.17) is 9.47 Å². The molecule has 21 heavy (non-hydrogen) atoms. The van der Waals surface area contributed by atoms with Crippen LogP contribution in [0.25, 0.3) is 0 Å². The second-order valence-electron chi connectivity index (χ2n) is 7.58. The summed E-state index contributed by atoms with van der Waals surface area (Å²) in [7, 11) is 3.75. The van der Waals surface area contributed by atoms with Crippen LogP contribution in [0.15, 0.2) is 0 Å². The zero-order valence-corrected chi connectivity index (χ0v) is 14.5. The Labute approximate surface area is 132 Å². The number of fused-ring (bicyclic) bond motifs is 1. The molecule has 2 saturated carbocycles. The van der Waals surface area contributed by atoms with Gasteiger partial charge in [0.25, 0.3) is 0 Å². The van der Waals surface area contributed by atoms with Crippen molar-refractivity contribution in [3.05, 3.63) is 0 Å². The maximum absolute atomic E-state index is 5.71. The van der Waals surface area contributed by atoms with E-state index in [0.717, 1.165) is 31.0 Å². The molecule has 2 aliphatic carbocycles. The highest BCUT2D eigenvalue weighted by atomic mass is 16.5. The molecule has 3 atom stereocenters. The molecule has 0 amide bonds. The molecule has 3 unspecified atom stereocenters. The molecule has 0 radical (unpaired) electrons. The van der Waals surface area contributed by atoms with Crippen LogP contribution in [0.2, 0.25) is 0 Å². The van der Waals surface area contributed by atoms with E-state index < -0.39 is 0 Å². The van der Waals surface area contributed by atoms with Crippen molar-refractivity contribution in [1.82, 2.24) is 0 Å². The minimum Gasteiger partial charge on any atom is -0.384 e. The SMILES string of the molecule is CCCCC(COC)(COC)C1CCCC2CCCCC21. The van der Waals surface area contributed by atoms with Gasteiger partial charge in [0.05, 0.1) is 13.2 Å². The lowest BCUT2D eigenvalue weighted by Gasteiger charge is -2.50. The lowest BCUT2D eigenvalue weighted by molar-refractivity contribution is -0.0848. The molecule has 0 heterocycles. The van der Waals surface area contributed by atoms with Crippen LogP contribution in [-0.4, -0.2) is 27.4 Å². The fraction of sp³-hybridized carbons (Fsp3) is 1.00. The summed E-state index contributed by atoms with van der Waals surface area (Å²) in [6.45, 7) is 4.07. The van der Waals surface area contributed by atoms with Crippen LogP contribution in [-0.2, 0) is 9.47 Å². The monoisotopic (exact) mass is 296 g/mol. The van der Waals surface area contributed by atoms with Gasteiger partial charge in [-0.2, -0.15) is 0 Å². The highest BCUT2D eigenvalue weighted by Gasteiger charge is 2.46. The average Bonchev–Trinajstić information content (AvgIpc) is 2.52. The van der Waals surface area contributed by atoms with E-state index >= 15 is 0 Å². The minimum atomic E-state index is 0.264. The molecule has 0 spiro atoms. The first-order valence-electron chi connectivity index (χ1n) is 9.25. The van der Waals surface area contributed by atoms with Crippen LogP contribution in [0.1, 0.15) is 71.1 Å². The largest absolute Gasteiger partial charge is 0.384 e. The summed E-state index contributed by atoms with van der Waals surface area (Å²) in [6, 6.07) is 0. The third-order valence-electron chi connectivity index (χ3n) is 6.25. The summed E-state index contributed by atoms with van der Waals surface area (Å²) in [5.41, 5.74) is 0.264. The normalized spacial score (nSPS) is 30.1. The fourth-order valence-electron chi connectivity index (χ4n) is 5.39. The molecule has 0 aliphatic heterocycles. The fourth-order valence-corrected chi connectivity index (χ4v) is 5.39. The first kappa shape index (κ1) is 17.3. The Balaban J connectivity index is 2.19. The minimum absolute atomic E-state index is 0.264. The van der Waals surface area contributed by atoms with Gasteiger partial charge < -0.3 is 9.47 Å². The Morgan fingerprint density at radius 3 is 2.24 bits per heavy atom. The molecule has 0 bridgehead atoms. The van der Waals surface area contributed by atoms with E-state index in [1.54, 1.807) is 0 Å². The highest BCUT2D eigenvalue weighted by Crippen LogP contribution is 2.52. The number of hydrogen-bond acceptors (Lipinski definition) is 2. The van der Waals surface area contributed by atoms with Gasteiger partial charge in [0.15, 0.2) is 0 Å². The van der Waals surface area contributed by atoms with Crippen molar-refractivity contribution in [2.24, 2.45) is 23.2 Å². The Kier molecular flexibility index (Phi) is 7.01. The van der Waals surface area contributed by atoms with E-state index in [0.29, 0.717) is 0 Å². The van der Waals surface area contributed by atoms with Crippen molar-refractivity contribution >= 4 is 0 Å². The van der Waals surface area contributed by atoms with E-state index in [-0.39, 0.29) is 5.41 Å². The van der Waals surface area contributed by atoms with Crippen molar-refractivity contribution in [3.8, 4) is 0 Å². The van der Waals surface area contributed by atoms with Gasteiger partial charge in [-0.3, -0.25) is 0 Å². The van der Waals surface area contributed by atoms with Gasteiger partial charge in [0.2, 0.25) is 0 Å². The molecule has 2 heteroatoms. The molecule has 0 saturated heterocycles. The Morgan fingerprint density at radius 1 is 0.905 bits per heavy atom. The van der Waals surface area contributed by atoms with E-state index in [1.165, 1.54) is 64.2 Å². The molecule has 2 nitrogen and oxygen atoms in total. The second kappa shape index (κ2) is 8.53. The van der Waals surface area contributed by atoms with Gasteiger partial charge >= 0.3 is 0 Å². The molecule has 0 aromatic rings. The highest BCUT2D eigenvalue weighted by molar-refractivity contribution is 4.96. The summed E-state index contributed by atoms with van der Waals surface area (Å²) >= 11 is 0. The maximum Gasteiger partial charge on any atom is 0.0543 e. The van der Waals surface area contributed by atoms with Crippen LogP contribution in [0.3, 0.4) is 0 Å². The van der Waals surface area contributed by atoms with Crippen molar-refractivity contribution in [1.29, 1.82) is 0 Å². The Morgan fingerprint density at radius 2 is 1.57 bits per heavy atom. The Bertz CT molecular complexity index is 281. The standard InChI is InChI=1S/C19H36O2/c1-4-5-13-19(14-20-2,15-21-3)18-12-8-10-16-9-6-7-11-17(16)18/h16-18H,4-15H2,1-3H3. The summed E-state index contributed by atoms with van der Waals surface area (Å²) in [6.07, 6.45) is 14.0. The summed E-state index contributed by atoms with van der Waals surface area (Å²) in [4.78, 5) is 0. The lowest BCUT2D eigenvalue weighted by atomic mass is 9.56. The van der Waals surface area contributed by atoms with Crippen molar-refractivity contribution in [2.75, 3.05) is 27.4 Å². The molecule has 0 aromatic carbocycles. The first-order valence-corrected chi connectivity index (χ1v) is 9.25. The van der Waals surface area contributed by atoms with Crippen LogP contribution in [0.4, 0.5) is 0 Å². The number of ether oxygens (including phenoxy) is 2. The average molecular weight is 296 g/mol. The van der Waals surface area contributed by atoms with E-state index in [9.17, 15) is 0 Å². The van der Waals surface area contributed by atoms with Crippen molar-refractivity contribution < 1.29 is 9.47 Å². The molecule has 2 fully saturated rings. The first-order chi connectivity index (χ1) is 10.3. The number of rotatable bonds is 8. The topological polar surface area (TPSA) is 18.5 Å². The number of methoxy groups -OCH3 is 2. The number of hydrogen-bond donors (Lipinski definition) is 0. The smallest absolute Gasteiger partial charge is 0.0543 e. The molecule has 124 valence electrons. The van der Waals surface area contributed by atoms with Crippen LogP contribution in [0.5, 0.6) is 0 Å². The zero-order chi connectivity index (χ0) is 15.1. The van der Waals surface area contributed by atoms with Crippen molar-refractivity contribution in [2.45, 2.75) is 71.1 Å². The van der Waals surface area contributed by atoms with E-state index in [1.807, 2.05) is 14.2 Å². The molecular formula is C19H36O2. The van der Waals surface area contributed by atoms with Gasteiger partial charge in [-0.1, -0.05) is 51.9 Å². The molecular weight excluding hydrogens is 260 g/mol. The summed E-state index contributed by atoms with van der Waals surface area (Å²) in [5.74, 6) is 2.75. The second-order valence-corrected chi connectivity index (χ2v) is 7.58. The third kappa shape index (κ3) is 4.01. The predicted octanol–water partition coefficient (Wildman–Crippen LogP) is 5.06. The van der Waals surface area contributed by atoms with E-state index in [2.05, 4.69) is 6.92 Å². The van der Waals surface area contributed by atoms with Gasteiger partial charge in [-0.05, 0) is 37.0 Å². The van der Waals surface area contributed by atoms with Gasteiger partial charge in [-0.25, -0.2) is 0 Å². The van der Waals surface area contributed by atoms with Crippen LogP contribution >= 0.6 is 0 Å². The molecule has 2 aliphatic rings.